The standard InChI is InChI=1S/C23H29.C6H4Cl.C5H5.CH2.2ClH.Zr/c1-14-9-16-11-17-10-15(2)21(23(6,7)8)13-19(17)18(16)12-20(14)22(3,4)5;7-6-4-2-1-3-5-6;1-2-4-5-3-1;;;;/h9,12-13H,11H2,1-8H3;2-5H;1-3H,4H2;1H2;2*1H;. The molecule has 2 aliphatic carbocycles. The summed E-state index contributed by atoms with van der Waals surface area (Å²) in [6, 6.07) is 16.2. The molecule has 0 amide bonds. The summed E-state index contributed by atoms with van der Waals surface area (Å²) in [4.78, 5) is 0. The Bertz CT molecular complexity index is 1520. The van der Waals surface area contributed by atoms with E-state index < -0.39 is 19.8 Å². The van der Waals surface area contributed by atoms with E-state index in [0.717, 1.165) is 17.9 Å². The van der Waals surface area contributed by atoms with Crippen LogP contribution in [0.1, 0.15) is 81.3 Å². The van der Waals surface area contributed by atoms with Gasteiger partial charge < -0.3 is 0 Å². The van der Waals surface area contributed by atoms with Crippen LogP contribution in [0.4, 0.5) is 0 Å². The van der Waals surface area contributed by atoms with Crippen LogP contribution in [0.15, 0.2) is 64.0 Å². The first-order valence-electron chi connectivity index (χ1n) is 13.5. The van der Waals surface area contributed by atoms with E-state index in [9.17, 15) is 0 Å². The van der Waals surface area contributed by atoms with Gasteiger partial charge in [-0.15, -0.1) is 24.8 Å². The Labute approximate surface area is 257 Å². The van der Waals surface area contributed by atoms with Gasteiger partial charge in [0.2, 0.25) is 0 Å². The molecule has 207 valence electrons. The first kappa shape index (κ1) is 32.3. The SMILES string of the molecule is Cl.Cl.[CH2]=[Zr]([C]1=CC=CC1)([c]1ccc(Cl)cc1)[c]1c(C)c(C(C)(C)C)cc2c1Cc1cc(C)c(C(C)(C)C)cc1-2. The molecule has 2 aliphatic rings. The van der Waals surface area contributed by atoms with Gasteiger partial charge in [0.25, 0.3) is 0 Å². The zero-order valence-electron chi connectivity index (χ0n) is 24.6. The second-order valence-electron chi connectivity index (χ2n) is 13.2. The Morgan fingerprint density at radius 2 is 1.41 bits per heavy atom. The Hall–Kier alpha value is -1.24. The third-order valence-corrected chi connectivity index (χ3v) is 19.4. The predicted octanol–water partition coefficient (Wildman–Crippen LogP) is 9.35. The van der Waals surface area contributed by atoms with Crippen molar-refractivity contribution in [3.8, 4) is 11.1 Å². The summed E-state index contributed by atoms with van der Waals surface area (Å²) < 4.78 is 9.82. The minimum absolute atomic E-state index is 0. The maximum atomic E-state index is 6.38. The molecule has 0 fully saturated rings. The van der Waals surface area contributed by atoms with Gasteiger partial charge in [-0.05, 0) is 0 Å². The van der Waals surface area contributed by atoms with Crippen molar-refractivity contribution in [3.05, 3.63) is 102 Å². The Morgan fingerprint density at radius 1 is 0.821 bits per heavy atom. The Balaban J connectivity index is 0.00000210. The number of rotatable bonds is 3. The van der Waals surface area contributed by atoms with Gasteiger partial charge in [0.15, 0.2) is 0 Å². The monoisotopic (exact) mass is 657 g/mol. The average Bonchev–Trinajstić information content (AvgIpc) is 3.44. The van der Waals surface area contributed by atoms with E-state index >= 15 is 0 Å². The van der Waals surface area contributed by atoms with E-state index in [1.165, 1.54) is 47.8 Å². The second kappa shape index (κ2) is 11.2. The molecule has 0 spiro atoms. The first-order valence-corrected chi connectivity index (χ1v) is 19.3. The summed E-state index contributed by atoms with van der Waals surface area (Å²) in [5, 5.41) is 0.791. The van der Waals surface area contributed by atoms with Crippen molar-refractivity contribution in [2.75, 3.05) is 0 Å². The number of hydrogen-bond acceptors (Lipinski definition) is 0. The molecule has 0 nitrogen and oxygen atoms in total. The van der Waals surface area contributed by atoms with Gasteiger partial charge in [0.1, 0.15) is 0 Å². The molecule has 1 atom stereocenters. The van der Waals surface area contributed by atoms with E-state index in [2.05, 4.69) is 116 Å². The van der Waals surface area contributed by atoms with E-state index in [1.54, 1.807) is 6.55 Å². The summed E-state index contributed by atoms with van der Waals surface area (Å²) in [7, 11) is 0. The molecule has 3 aromatic carbocycles. The molecule has 3 aromatic rings. The molecule has 0 saturated carbocycles. The maximum absolute atomic E-state index is 6.38. The second-order valence-corrected chi connectivity index (χ2v) is 22.3. The van der Waals surface area contributed by atoms with E-state index in [1.807, 2.05) is 0 Å². The fraction of sp³-hybridized carbons (Fsp3) is 0.343. The van der Waals surface area contributed by atoms with Crippen LogP contribution in [-0.2, 0) is 37.0 Å². The quantitative estimate of drug-likeness (QED) is 0.206. The van der Waals surface area contributed by atoms with Crippen molar-refractivity contribution in [2.24, 2.45) is 0 Å². The van der Waals surface area contributed by atoms with Crippen LogP contribution in [0, 0.1) is 13.8 Å². The van der Waals surface area contributed by atoms with Gasteiger partial charge in [-0.25, -0.2) is 0 Å². The summed E-state index contributed by atoms with van der Waals surface area (Å²) in [5.41, 5.74) is 11.8. The molecule has 0 aliphatic heterocycles. The Kier molecular flexibility index (Phi) is 9.28. The van der Waals surface area contributed by atoms with Crippen LogP contribution in [0.5, 0.6) is 0 Å². The van der Waals surface area contributed by atoms with Gasteiger partial charge in [-0.2, -0.15) is 0 Å². The predicted molar refractivity (Wildman–Crippen MR) is 176 cm³/mol. The van der Waals surface area contributed by atoms with Crippen molar-refractivity contribution in [2.45, 2.75) is 79.1 Å². The van der Waals surface area contributed by atoms with Crippen LogP contribution < -0.4 is 6.54 Å². The van der Waals surface area contributed by atoms with Crippen molar-refractivity contribution in [3.63, 3.8) is 0 Å². The zero-order chi connectivity index (χ0) is 26.9. The topological polar surface area (TPSA) is 0 Å². The average molecular weight is 660 g/mol. The Morgan fingerprint density at radius 3 is 1.95 bits per heavy atom. The van der Waals surface area contributed by atoms with Gasteiger partial charge >= 0.3 is 235 Å². The van der Waals surface area contributed by atoms with Crippen molar-refractivity contribution in [1.82, 2.24) is 0 Å². The van der Waals surface area contributed by atoms with E-state index in [4.69, 9.17) is 15.8 Å². The molecule has 0 heterocycles. The van der Waals surface area contributed by atoms with Gasteiger partial charge in [0.05, 0.1) is 0 Å². The molecule has 1 unspecified atom stereocenters. The minimum atomic E-state index is -3.55. The van der Waals surface area contributed by atoms with Crippen molar-refractivity contribution >= 4 is 47.2 Å². The normalized spacial score (nSPS) is 15.6. The first-order chi connectivity index (χ1) is 17.2. The van der Waals surface area contributed by atoms with Crippen molar-refractivity contribution < 1.29 is 19.8 Å². The molecular formula is C35H42Cl3Zr. The van der Waals surface area contributed by atoms with Gasteiger partial charge in [-0.1, -0.05) is 0 Å². The van der Waals surface area contributed by atoms with Crippen molar-refractivity contribution in [1.29, 1.82) is 0 Å². The summed E-state index contributed by atoms with van der Waals surface area (Å²) in [6.07, 6.45) is 8.92. The van der Waals surface area contributed by atoms with Gasteiger partial charge in [-0.3, -0.25) is 0 Å². The molecule has 39 heavy (non-hydrogen) atoms. The zero-order valence-corrected chi connectivity index (χ0v) is 29.4. The summed E-state index contributed by atoms with van der Waals surface area (Å²) in [5.74, 6) is 0. The number of fused-ring (bicyclic) bond motifs is 3. The number of halogens is 3. The van der Waals surface area contributed by atoms with Crippen LogP contribution in [-0.4, -0.2) is 4.21 Å². The number of allylic oxidation sites excluding steroid dienone is 4. The van der Waals surface area contributed by atoms with Crippen LogP contribution in [0.2, 0.25) is 5.02 Å². The number of benzene rings is 3. The van der Waals surface area contributed by atoms with E-state index in [0.29, 0.717) is 0 Å². The molecule has 0 saturated heterocycles. The third kappa shape index (κ3) is 5.51. The van der Waals surface area contributed by atoms with Crippen LogP contribution >= 0.6 is 36.4 Å². The molecular weight excluding hydrogens is 618 g/mol. The summed E-state index contributed by atoms with van der Waals surface area (Å²) >= 11 is 2.83. The summed E-state index contributed by atoms with van der Waals surface area (Å²) in [6.45, 7) is 18.7. The fourth-order valence-electron chi connectivity index (χ4n) is 6.77. The molecule has 0 radical (unpaired) electrons. The third-order valence-electron chi connectivity index (χ3n) is 8.50. The van der Waals surface area contributed by atoms with Crippen LogP contribution in [0.3, 0.4) is 0 Å². The molecule has 5 rings (SSSR count). The molecule has 0 bridgehead atoms. The molecule has 4 heteroatoms. The fourth-order valence-corrected chi connectivity index (χ4v) is 16.9. The number of aryl methyl sites for hydroxylation is 1. The van der Waals surface area contributed by atoms with Gasteiger partial charge in [0, 0.05) is 0 Å². The number of hydrogen-bond donors (Lipinski definition) is 0. The molecule has 0 aromatic heterocycles. The van der Waals surface area contributed by atoms with Crippen LogP contribution in [0.25, 0.3) is 11.1 Å². The van der Waals surface area contributed by atoms with E-state index in [-0.39, 0.29) is 35.6 Å². The molecule has 0 N–H and O–H groups in total.